The Bertz CT molecular complexity index is 2100. The number of halogens is 13. The molecule has 9 nitrogen and oxygen atoms in total. The van der Waals surface area contributed by atoms with Crippen molar-refractivity contribution >= 4 is 80.8 Å². The van der Waals surface area contributed by atoms with Gasteiger partial charge in [0, 0.05) is 27.6 Å². The van der Waals surface area contributed by atoms with E-state index < -0.39 is 52.1 Å². The number of alkyl halides is 10. The van der Waals surface area contributed by atoms with Crippen molar-refractivity contribution in [2.75, 3.05) is 0 Å². The molecule has 2 aliphatic heterocycles. The Labute approximate surface area is 460 Å². The van der Waals surface area contributed by atoms with E-state index in [0.29, 0.717) is 38.7 Å². The zero-order valence-electron chi connectivity index (χ0n) is 33.9. The van der Waals surface area contributed by atoms with Gasteiger partial charge in [-0.3, -0.25) is 34.2 Å². The molecular formula is C38H35BrCl3F9K2N2O7. The number of nitrogens with one attached hydrogen (secondary N) is 1. The summed E-state index contributed by atoms with van der Waals surface area (Å²) < 4.78 is 111. The van der Waals surface area contributed by atoms with Gasteiger partial charge in [0.2, 0.25) is 0 Å². The van der Waals surface area contributed by atoms with E-state index in [2.05, 4.69) is 26.1 Å². The van der Waals surface area contributed by atoms with Crippen LogP contribution in [0.1, 0.15) is 69.9 Å². The minimum absolute atomic E-state index is 0. The number of hydrogen-bond donors (Lipinski definition) is 1. The maximum absolute atomic E-state index is 12.6. The predicted molar refractivity (Wildman–Crippen MR) is 207 cm³/mol. The van der Waals surface area contributed by atoms with Crippen LogP contribution < -0.4 is 113 Å². The summed E-state index contributed by atoms with van der Waals surface area (Å²) in [5.41, 5.74) is 1.02. The van der Waals surface area contributed by atoms with E-state index in [1.165, 1.54) is 44.2 Å². The molecule has 0 saturated carbocycles. The summed E-state index contributed by atoms with van der Waals surface area (Å²) in [6, 6.07) is 10.5. The molecule has 5 rings (SSSR count). The molecule has 0 aliphatic carbocycles. The van der Waals surface area contributed by atoms with Gasteiger partial charge >= 0.3 is 121 Å². The van der Waals surface area contributed by atoms with Gasteiger partial charge in [-0.25, -0.2) is 0 Å². The van der Waals surface area contributed by atoms with Crippen molar-refractivity contribution in [3.8, 4) is 0 Å². The molecule has 2 heterocycles. The minimum Gasteiger partial charge on any atom is -1.00 e. The van der Waals surface area contributed by atoms with Crippen molar-refractivity contribution in [3.05, 3.63) is 125 Å². The number of amides is 4. The van der Waals surface area contributed by atoms with Gasteiger partial charge in [0.25, 0.3) is 30.1 Å². The SMILES string of the molecule is C.CC1=C(C)C(=O)N(Cc2ccc(C(F)(F)F)c(Cl)c2)C1=O.CC1=C(C)C(=O)NC1=O.Cc1ccc(C(F)(F)F)c(Cl)c1.FC(F)(F)c1ccc(CBr)cc1Cl.O=CO[O-].[H-].[K+].[K+]. The molecule has 0 bridgehead atoms. The quantitative estimate of drug-likeness (QED) is 0.0766. The van der Waals surface area contributed by atoms with Crippen LogP contribution >= 0.6 is 50.7 Å². The summed E-state index contributed by atoms with van der Waals surface area (Å²) >= 11 is 19.6. The first-order valence-electron chi connectivity index (χ1n) is 15.9. The molecule has 0 unspecified atom stereocenters. The van der Waals surface area contributed by atoms with E-state index in [1.807, 2.05) is 0 Å². The normalized spacial score (nSPS) is 13.3. The summed E-state index contributed by atoms with van der Waals surface area (Å²) in [7, 11) is 0. The number of imide groups is 2. The van der Waals surface area contributed by atoms with Crippen LogP contribution in [-0.2, 0) is 59.3 Å². The van der Waals surface area contributed by atoms with Gasteiger partial charge in [0.05, 0.1) is 38.3 Å². The molecule has 332 valence electrons. The van der Waals surface area contributed by atoms with Crippen LogP contribution in [0.4, 0.5) is 39.5 Å². The number of hydrogen-bond acceptors (Lipinski definition) is 7. The molecule has 24 heteroatoms. The number of rotatable bonds is 4. The van der Waals surface area contributed by atoms with Gasteiger partial charge in [0.15, 0.2) is 0 Å². The number of benzene rings is 3. The largest absolute Gasteiger partial charge is 1.00 e. The number of carbonyl (C=O) groups excluding carboxylic acids is 5. The fourth-order valence-corrected chi connectivity index (χ4v) is 5.70. The van der Waals surface area contributed by atoms with Crippen LogP contribution in [-0.4, -0.2) is 35.0 Å². The number of carbonyl (C=O) groups is 5. The Balaban J connectivity index is -0.000000365. The summed E-state index contributed by atoms with van der Waals surface area (Å²) in [5.74, 6) is -1.41. The van der Waals surface area contributed by atoms with Gasteiger partial charge in [-0.2, -0.15) is 39.5 Å². The van der Waals surface area contributed by atoms with Crippen molar-refractivity contribution in [1.82, 2.24) is 10.2 Å². The van der Waals surface area contributed by atoms with Crippen molar-refractivity contribution < 1.29 is 178 Å². The zero-order valence-corrected chi connectivity index (χ0v) is 43.0. The van der Waals surface area contributed by atoms with Gasteiger partial charge in [-0.05, 0) is 87.7 Å². The first kappa shape index (κ1) is 65.1. The third kappa shape index (κ3) is 20.2. The third-order valence-corrected chi connectivity index (χ3v) is 9.39. The first-order valence-corrected chi connectivity index (χ1v) is 18.2. The molecule has 0 aromatic heterocycles. The molecule has 4 amide bonds. The molecule has 0 atom stereocenters. The maximum atomic E-state index is 12.6. The average Bonchev–Trinajstić information content (AvgIpc) is 3.46. The zero-order chi connectivity index (χ0) is 45.8. The topological polar surface area (TPSA) is 133 Å². The first-order chi connectivity index (χ1) is 27.0. The monoisotopic (exact) mass is 1060 g/mol. The Hall–Kier alpha value is -1.16. The van der Waals surface area contributed by atoms with Crippen molar-refractivity contribution in [1.29, 1.82) is 0 Å². The Morgan fingerprint density at radius 1 is 0.645 bits per heavy atom. The van der Waals surface area contributed by atoms with Gasteiger partial charge in [-0.15, -0.1) is 0 Å². The standard InChI is InChI=1S/C14H11ClF3NO2.C8H5BrClF3.C8H6ClF3.C6H7NO2.CH2O3.CH4.2K.H/c1-7-8(2)13(21)19(12(7)20)6-9-3-4-10(11(15)5-9)14(16,17)18;9-4-5-1-2-6(7(10)3-5)8(11,12)13;1-5-2-3-6(7(9)4-5)8(10,11)12;1-3-4(2)6(9)7-5(3)8;2-1-4-3;;;;/h3-5H,6H2,1-2H3;1-3H,4H2;2-4H,1H3;1-2H3,(H,7,8,9);1,3H;1H4;;;/q;;;;;;2*+1;-1/p-1. The fourth-order valence-electron chi connectivity index (χ4n) is 4.38. The second-order valence-corrected chi connectivity index (χ2v) is 13.7. The molecule has 0 saturated heterocycles. The summed E-state index contributed by atoms with van der Waals surface area (Å²) in [6.07, 6.45) is -13.3. The molecule has 0 radical (unpaired) electrons. The molecule has 1 N–H and O–H groups in total. The van der Waals surface area contributed by atoms with Crippen LogP contribution in [0, 0.1) is 6.92 Å². The summed E-state index contributed by atoms with van der Waals surface area (Å²) in [6.45, 7) is 7.74. The molecule has 3 aromatic carbocycles. The third-order valence-electron chi connectivity index (χ3n) is 7.81. The predicted octanol–water partition coefficient (Wildman–Crippen LogP) is 4.66. The van der Waals surface area contributed by atoms with Crippen molar-refractivity contribution in [2.24, 2.45) is 0 Å². The minimum atomic E-state index is -4.54. The van der Waals surface area contributed by atoms with E-state index in [1.54, 1.807) is 20.8 Å². The van der Waals surface area contributed by atoms with E-state index >= 15 is 0 Å². The van der Waals surface area contributed by atoms with Crippen LogP contribution in [0.2, 0.25) is 15.1 Å². The van der Waals surface area contributed by atoms with Crippen LogP contribution in [0.5, 0.6) is 0 Å². The molecule has 0 spiro atoms. The molecule has 3 aromatic rings. The van der Waals surface area contributed by atoms with Crippen molar-refractivity contribution in [2.45, 2.75) is 72.4 Å². The number of aryl methyl sites for hydroxylation is 1. The van der Waals surface area contributed by atoms with E-state index in [4.69, 9.17) is 44.9 Å². The smallest absolute Gasteiger partial charge is 1.00 e. The molecule has 62 heavy (non-hydrogen) atoms. The van der Waals surface area contributed by atoms with Crippen LogP contribution in [0.3, 0.4) is 0 Å². The molecule has 0 fully saturated rings. The van der Waals surface area contributed by atoms with E-state index in [9.17, 15) is 58.7 Å². The fraction of sp³-hybridized carbons (Fsp3) is 0.289. The molecular weight excluding hydrogens is 1030 g/mol. The summed E-state index contributed by atoms with van der Waals surface area (Å²) in [5, 5.41) is 10.1. The summed E-state index contributed by atoms with van der Waals surface area (Å²) in [4.78, 5) is 57.2. The van der Waals surface area contributed by atoms with E-state index in [0.717, 1.165) is 34.7 Å². The van der Waals surface area contributed by atoms with Gasteiger partial charge in [0.1, 0.15) is 0 Å². The second kappa shape index (κ2) is 28.8. The second-order valence-electron chi connectivity index (χ2n) is 11.9. The van der Waals surface area contributed by atoms with Gasteiger partial charge < -0.3 is 11.6 Å². The van der Waals surface area contributed by atoms with E-state index in [-0.39, 0.29) is 146 Å². The Kier molecular flexibility index (Phi) is 30.2. The van der Waals surface area contributed by atoms with Gasteiger partial charge in [-0.1, -0.05) is 76.4 Å². The maximum Gasteiger partial charge on any atom is 1.00 e. The Morgan fingerprint density at radius 3 is 1.24 bits per heavy atom. The number of nitrogens with zero attached hydrogens (tertiary/aromatic N) is 1. The van der Waals surface area contributed by atoms with Crippen LogP contribution in [0.15, 0.2) is 76.9 Å². The Morgan fingerprint density at radius 2 is 0.968 bits per heavy atom. The average molecular weight is 1070 g/mol. The van der Waals surface area contributed by atoms with Crippen molar-refractivity contribution in [3.63, 3.8) is 0 Å². The molecule has 2 aliphatic rings. The van der Waals surface area contributed by atoms with Crippen LogP contribution in [0.25, 0.3) is 0 Å².